The average molecular weight is 346 g/mol. The molecule has 0 atom stereocenters. The minimum absolute atomic E-state index is 0.304. The second kappa shape index (κ2) is 5.27. The van der Waals surface area contributed by atoms with Crippen molar-refractivity contribution in [3.63, 3.8) is 0 Å². The molecule has 0 saturated heterocycles. The normalized spacial score (nSPS) is 11.3. The molecule has 0 saturated carbocycles. The fourth-order valence-corrected chi connectivity index (χ4v) is 3.52. The highest BCUT2D eigenvalue weighted by atomic mass is 79.9. The number of halogens is 2. The van der Waals surface area contributed by atoms with Crippen molar-refractivity contribution in [2.45, 2.75) is 33.6 Å². The monoisotopic (exact) mass is 344 g/mol. The van der Waals surface area contributed by atoms with Crippen LogP contribution in [-0.2, 0) is 0 Å². The van der Waals surface area contributed by atoms with Gasteiger partial charge in [0, 0.05) is 15.3 Å². The van der Waals surface area contributed by atoms with Gasteiger partial charge in [-0.25, -0.2) is 9.97 Å². The molecule has 0 fully saturated rings. The first-order chi connectivity index (χ1) is 8.40. The summed E-state index contributed by atoms with van der Waals surface area (Å²) in [6.07, 6.45) is 0. The first kappa shape index (κ1) is 14.0. The molecular formula is C13H14BrClN2S. The largest absolute Gasteiger partial charge is 0.231 e. The van der Waals surface area contributed by atoms with Crippen molar-refractivity contribution in [2.75, 3.05) is 0 Å². The fraction of sp³-hybridized carbons (Fsp3) is 0.385. The van der Waals surface area contributed by atoms with E-state index in [1.165, 1.54) is 9.75 Å². The highest BCUT2D eigenvalue weighted by Gasteiger charge is 2.16. The zero-order valence-electron chi connectivity index (χ0n) is 10.7. The predicted molar refractivity (Wildman–Crippen MR) is 81.6 cm³/mol. The van der Waals surface area contributed by atoms with Gasteiger partial charge in [0.1, 0.15) is 5.15 Å². The van der Waals surface area contributed by atoms with E-state index in [2.05, 4.69) is 59.7 Å². The Morgan fingerprint density at radius 3 is 2.44 bits per heavy atom. The Labute approximate surface area is 125 Å². The molecule has 0 radical (unpaired) electrons. The summed E-state index contributed by atoms with van der Waals surface area (Å²) in [6.45, 7) is 8.37. The molecule has 0 aliphatic heterocycles. The maximum atomic E-state index is 6.18. The summed E-state index contributed by atoms with van der Waals surface area (Å²) in [4.78, 5) is 11.5. The molecule has 96 valence electrons. The molecule has 2 aromatic rings. The topological polar surface area (TPSA) is 25.8 Å². The Morgan fingerprint density at radius 2 is 1.94 bits per heavy atom. The van der Waals surface area contributed by atoms with Crippen LogP contribution in [0, 0.1) is 13.8 Å². The van der Waals surface area contributed by atoms with Gasteiger partial charge in [-0.2, -0.15) is 0 Å². The van der Waals surface area contributed by atoms with Crippen LogP contribution in [-0.4, -0.2) is 9.97 Å². The van der Waals surface area contributed by atoms with Gasteiger partial charge in [0.2, 0.25) is 0 Å². The van der Waals surface area contributed by atoms with Crippen molar-refractivity contribution in [3.8, 4) is 11.4 Å². The van der Waals surface area contributed by atoms with E-state index in [0.29, 0.717) is 16.9 Å². The molecule has 0 unspecified atom stereocenters. The third-order valence-electron chi connectivity index (χ3n) is 2.67. The maximum absolute atomic E-state index is 6.18. The molecule has 2 heterocycles. The molecule has 2 rings (SSSR count). The Kier molecular flexibility index (Phi) is 4.09. The van der Waals surface area contributed by atoms with Crippen LogP contribution in [0.25, 0.3) is 11.4 Å². The van der Waals surface area contributed by atoms with Gasteiger partial charge in [-0.1, -0.05) is 25.4 Å². The summed E-state index contributed by atoms with van der Waals surface area (Å²) < 4.78 is 0.799. The third kappa shape index (κ3) is 2.60. The van der Waals surface area contributed by atoms with Crippen molar-refractivity contribution in [1.82, 2.24) is 9.97 Å². The van der Waals surface area contributed by atoms with Crippen LogP contribution in [0.2, 0.25) is 5.15 Å². The average Bonchev–Trinajstić information content (AvgIpc) is 2.61. The molecule has 2 nitrogen and oxygen atoms in total. The summed E-state index contributed by atoms with van der Waals surface area (Å²) in [6, 6.07) is 2.11. The van der Waals surface area contributed by atoms with Crippen LogP contribution in [0.1, 0.15) is 35.2 Å². The summed E-state index contributed by atoms with van der Waals surface area (Å²) in [5.41, 5.74) is 2.03. The predicted octanol–water partition coefficient (Wildman–Crippen LogP) is 5.36. The van der Waals surface area contributed by atoms with Crippen molar-refractivity contribution < 1.29 is 0 Å². The number of aryl methyl sites for hydroxylation is 2. The van der Waals surface area contributed by atoms with Gasteiger partial charge < -0.3 is 0 Å². The van der Waals surface area contributed by atoms with Crippen LogP contribution in [0.15, 0.2) is 10.5 Å². The maximum Gasteiger partial charge on any atom is 0.162 e. The number of rotatable bonds is 2. The Bertz CT molecular complexity index is 593. The summed E-state index contributed by atoms with van der Waals surface area (Å²) in [5, 5.41) is 0.479. The van der Waals surface area contributed by atoms with Crippen LogP contribution in [0.3, 0.4) is 0 Å². The van der Waals surface area contributed by atoms with E-state index < -0.39 is 0 Å². The Morgan fingerprint density at radius 1 is 1.28 bits per heavy atom. The molecule has 0 amide bonds. The standard InChI is InChI=1S/C13H14BrClN2S/c1-6(2)11-10(14)12(15)17-13(16-11)9-5-7(3)18-8(9)4/h5-6H,1-4H3. The van der Waals surface area contributed by atoms with E-state index in [4.69, 9.17) is 11.6 Å². The first-order valence-electron chi connectivity index (χ1n) is 5.70. The van der Waals surface area contributed by atoms with Crippen LogP contribution < -0.4 is 0 Å². The lowest BCUT2D eigenvalue weighted by Crippen LogP contribution is -2.00. The van der Waals surface area contributed by atoms with Gasteiger partial charge in [0.15, 0.2) is 5.82 Å². The van der Waals surface area contributed by atoms with E-state index >= 15 is 0 Å². The van der Waals surface area contributed by atoms with Crippen molar-refractivity contribution in [3.05, 3.63) is 31.1 Å². The lowest BCUT2D eigenvalue weighted by atomic mass is 10.1. The van der Waals surface area contributed by atoms with Crippen molar-refractivity contribution in [1.29, 1.82) is 0 Å². The minimum atomic E-state index is 0.304. The van der Waals surface area contributed by atoms with E-state index in [1.807, 2.05) is 0 Å². The van der Waals surface area contributed by atoms with Gasteiger partial charge in [-0.15, -0.1) is 11.3 Å². The molecule has 0 aliphatic rings. The van der Waals surface area contributed by atoms with Gasteiger partial charge in [0.25, 0.3) is 0 Å². The summed E-state index contributed by atoms with van der Waals surface area (Å²) in [7, 11) is 0. The minimum Gasteiger partial charge on any atom is -0.231 e. The lowest BCUT2D eigenvalue weighted by molar-refractivity contribution is 0.809. The van der Waals surface area contributed by atoms with Crippen LogP contribution in [0.4, 0.5) is 0 Å². The van der Waals surface area contributed by atoms with Crippen molar-refractivity contribution >= 4 is 38.9 Å². The summed E-state index contributed by atoms with van der Waals surface area (Å²) >= 11 is 11.4. The first-order valence-corrected chi connectivity index (χ1v) is 7.69. The number of aromatic nitrogens is 2. The number of nitrogens with zero attached hydrogens (tertiary/aromatic N) is 2. The lowest BCUT2D eigenvalue weighted by Gasteiger charge is -2.10. The number of thiophene rings is 1. The quantitative estimate of drug-likeness (QED) is 0.685. The van der Waals surface area contributed by atoms with Gasteiger partial charge in [0.05, 0.1) is 10.2 Å². The fourth-order valence-electron chi connectivity index (χ4n) is 1.79. The Balaban J connectivity index is 2.62. The zero-order chi connectivity index (χ0) is 13.4. The second-order valence-corrected chi connectivity index (χ2v) is 7.13. The van der Waals surface area contributed by atoms with E-state index in [9.17, 15) is 0 Å². The molecule has 0 bridgehead atoms. The Hall–Kier alpha value is -0.450. The zero-order valence-corrected chi connectivity index (χ0v) is 13.9. The SMILES string of the molecule is Cc1cc(-c2nc(Cl)c(Br)c(C(C)C)n2)c(C)s1. The smallest absolute Gasteiger partial charge is 0.162 e. The van der Waals surface area contributed by atoms with E-state index in [1.54, 1.807) is 11.3 Å². The molecule has 0 N–H and O–H groups in total. The highest BCUT2D eigenvalue weighted by molar-refractivity contribution is 9.10. The molecule has 0 spiro atoms. The third-order valence-corrected chi connectivity index (χ3v) is 4.91. The molecular weight excluding hydrogens is 332 g/mol. The van der Waals surface area contributed by atoms with Gasteiger partial charge in [-0.05, 0) is 41.8 Å². The van der Waals surface area contributed by atoms with Gasteiger partial charge >= 0.3 is 0 Å². The van der Waals surface area contributed by atoms with Crippen molar-refractivity contribution in [2.24, 2.45) is 0 Å². The highest BCUT2D eigenvalue weighted by Crippen LogP contribution is 2.34. The van der Waals surface area contributed by atoms with E-state index in [0.717, 1.165) is 15.7 Å². The van der Waals surface area contributed by atoms with Gasteiger partial charge in [-0.3, -0.25) is 0 Å². The molecule has 5 heteroatoms. The number of hydrogen-bond acceptors (Lipinski definition) is 3. The number of hydrogen-bond donors (Lipinski definition) is 0. The molecule has 0 aromatic carbocycles. The second-order valence-electron chi connectivity index (χ2n) is 4.52. The molecule has 18 heavy (non-hydrogen) atoms. The van der Waals surface area contributed by atoms with Crippen LogP contribution >= 0.6 is 38.9 Å². The summed E-state index contributed by atoms with van der Waals surface area (Å²) in [5.74, 6) is 1.02. The van der Waals surface area contributed by atoms with E-state index in [-0.39, 0.29) is 0 Å². The molecule has 2 aromatic heterocycles. The van der Waals surface area contributed by atoms with Crippen LogP contribution in [0.5, 0.6) is 0 Å². The molecule has 0 aliphatic carbocycles.